The maximum Gasteiger partial charge on any atom is 0.168 e. The van der Waals surface area contributed by atoms with Crippen LogP contribution in [0.5, 0.6) is 0 Å². The zero-order valence-corrected chi connectivity index (χ0v) is 10.1. The SMILES string of the molecule is CCCC(C)(C)C(=O)c1cccc(C)c1. The van der Waals surface area contributed by atoms with Gasteiger partial charge in [-0.3, -0.25) is 4.79 Å². The summed E-state index contributed by atoms with van der Waals surface area (Å²) in [5.74, 6) is 0.257. The van der Waals surface area contributed by atoms with E-state index in [9.17, 15) is 4.79 Å². The second-order valence-electron chi connectivity index (χ2n) is 4.83. The minimum absolute atomic E-state index is 0.234. The third kappa shape index (κ3) is 2.92. The number of hydrogen-bond donors (Lipinski definition) is 0. The lowest BCUT2D eigenvalue weighted by molar-refractivity contribution is 0.0825. The number of benzene rings is 1. The fourth-order valence-corrected chi connectivity index (χ4v) is 1.92. The first-order valence-corrected chi connectivity index (χ1v) is 5.59. The topological polar surface area (TPSA) is 17.1 Å². The predicted molar refractivity (Wildman–Crippen MR) is 64.2 cm³/mol. The van der Waals surface area contributed by atoms with E-state index in [4.69, 9.17) is 0 Å². The minimum atomic E-state index is -0.234. The van der Waals surface area contributed by atoms with Crippen LogP contribution in [0.25, 0.3) is 0 Å². The number of carbonyl (C=O) groups is 1. The molecule has 1 nitrogen and oxygen atoms in total. The molecule has 15 heavy (non-hydrogen) atoms. The number of aryl methyl sites for hydroxylation is 1. The van der Waals surface area contributed by atoms with E-state index in [-0.39, 0.29) is 11.2 Å². The van der Waals surface area contributed by atoms with Crippen molar-refractivity contribution < 1.29 is 4.79 Å². The van der Waals surface area contributed by atoms with Crippen molar-refractivity contribution in [1.29, 1.82) is 0 Å². The average molecular weight is 204 g/mol. The Labute approximate surface area is 92.5 Å². The van der Waals surface area contributed by atoms with Crippen molar-refractivity contribution in [1.82, 2.24) is 0 Å². The number of Topliss-reactive ketones (excluding diaryl/α,β-unsaturated/α-hetero) is 1. The van der Waals surface area contributed by atoms with Crippen molar-refractivity contribution >= 4 is 5.78 Å². The van der Waals surface area contributed by atoms with Gasteiger partial charge in [-0.2, -0.15) is 0 Å². The maximum atomic E-state index is 12.2. The van der Waals surface area contributed by atoms with Gasteiger partial charge in [0.25, 0.3) is 0 Å². The summed E-state index contributed by atoms with van der Waals surface area (Å²) in [7, 11) is 0. The lowest BCUT2D eigenvalue weighted by atomic mass is 9.80. The molecular weight excluding hydrogens is 184 g/mol. The highest BCUT2D eigenvalue weighted by atomic mass is 16.1. The van der Waals surface area contributed by atoms with Crippen LogP contribution >= 0.6 is 0 Å². The number of ketones is 1. The summed E-state index contributed by atoms with van der Waals surface area (Å²) in [5, 5.41) is 0. The summed E-state index contributed by atoms with van der Waals surface area (Å²) in [4.78, 5) is 12.2. The van der Waals surface area contributed by atoms with Crippen LogP contribution in [-0.2, 0) is 0 Å². The molecule has 0 bridgehead atoms. The van der Waals surface area contributed by atoms with E-state index in [2.05, 4.69) is 6.92 Å². The van der Waals surface area contributed by atoms with Gasteiger partial charge >= 0.3 is 0 Å². The number of rotatable bonds is 4. The molecule has 0 heterocycles. The highest BCUT2D eigenvalue weighted by molar-refractivity contribution is 6.00. The Balaban J connectivity index is 2.94. The molecule has 0 atom stereocenters. The predicted octanol–water partition coefficient (Wildman–Crippen LogP) is 4.00. The molecule has 0 aliphatic rings. The van der Waals surface area contributed by atoms with E-state index in [0.29, 0.717) is 0 Å². The molecule has 0 spiro atoms. The molecule has 0 aliphatic heterocycles. The summed E-state index contributed by atoms with van der Waals surface area (Å²) in [6, 6.07) is 7.85. The Morgan fingerprint density at radius 2 is 2.00 bits per heavy atom. The molecule has 0 amide bonds. The molecule has 0 fully saturated rings. The molecule has 0 radical (unpaired) electrons. The quantitative estimate of drug-likeness (QED) is 0.677. The fraction of sp³-hybridized carbons (Fsp3) is 0.500. The summed E-state index contributed by atoms with van der Waals surface area (Å²) < 4.78 is 0. The van der Waals surface area contributed by atoms with Gasteiger partial charge in [-0.1, -0.05) is 51.0 Å². The van der Waals surface area contributed by atoms with Crippen LogP contribution in [-0.4, -0.2) is 5.78 Å². The maximum absolute atomic E-state index is 12.2. The van der Waals surface area contributed by atoms with Crippen molar-refractivity contribution in [3.63, 3.8) is 0 Å². The van der Waals surface area contributed by atoms with Crippen molar-refractivity contribution in [2.24, 2.45) is 5.41 Å². The van der Waals surface area contributed by atoms with Crippen LogP contribution in [0.1, 0.15) is 49.5 Å². The van der Waals surface area contributed by atoms with Crippen molar-refractivity contribution in [2.75, 3.05) is 0 Å². The van der Waals surface area contributed by atoms with Gasteiger partial charge in [0.1, 0.15) is 0 Å². The third-order valence-corrected chi connectivity index (χ3v) is 2.77. The van der Waals surface area contributed by atoms with E-state index in [0.717, 1.165) is 24.0 Å². The minimum Gasteiger partial charge on any atom is -0.294 e. The lowest BCUT2D eigenvalue weighted by Gasteiger charge is -2.22. The van der Waals surface area contributed by atoms with Crippen LogP contribution in [0.2, 0.25) is 0 Å². The van der Waals surface area contributed by atoms with Crippen LogP contribution in [0.4, 0.5) is 0 Å². The van der Waals surface area contributed by atoms with E-state index in [1.807, 2.05) is 45.0 Å². The molecule has 0 aliphatic carbocycles. The highest BCUT2D eigenvalue weighted by Crippen LogP contribution is 2.27. The smallest absolute Gasteiger partial charge is 0.168 e. The van der Waals surface area contributed by atoms with Crippen LogP contribution in [0.3, 0.4) is 0 Å². The van der Waals surface area contributed by atoms with E-state index in [1.54, 1.807) is 0 Å². The zero-order valence-electron chi connectivity index (χ0n) is 10.1. The standard InChI is InChI=1S/C14H20O/c1-5-9-14(3,4)13(15)12-8-6-7-11(2)10-12/h6-8,10H,5,9H2,1-4H3. The molecule has 1 heteroatoms. The van der Waals surface area contributed by atoms with Crippen molar-refractivity contribution in [2.45, 2.75) is 40.5 Å². The Morgan fingerprint density at radius 3 is 2.53 bits per heavy atom. The van der Waals surface area contributed by atoms with Gasteiger partial charge in [-0.25, -0.2) is 0 Å². The molecule has 82 valence electrons. The zero-order chi connectivity index (χ0) is 11.5. The summed E-state index contributed by atoms with van der Waals surface area (Å²) >= 11 is 0. The molecule has 1 aromatic carbocycles. The molecule has 1 rings (SSSR count). The van der Waals surface area contributed by atoms with Gasteiger partial charge in [-0.05, 0) is 19.4 Å². The first kappa shape index (κ1) is 12.0. The number of hydrogen-bond acceptors (Lipinski definition) is 1. The molecular formula is C14H20O. The van der Waals surface area contributed by atoms with Gasteiger partial charge in [0.15, 0.2) is 5.78 Å². The van der Waals surface area contributed by atoms with E-state index < -0.39 is 0 Å². The van der Waals surface area contributed by atoms with E-state index in [1.165, 1.54) is 0 Å². The Morgan fingerprint density at radius 1 is 1.33 bits per heavy atom. The summed E-state index contributed by atoms with van der Waals surface area (Å²) in [6.45, 7) is 8.19. The highest BCUT2D eigenvalue weighted by Gasteiger charge is 2.27. The van der Waals surface area contributed by atoms with Gasteiger partial charge < -0.3 is 0 Å². The molecule has 0 saturated heterocycles. The van der Waals surface area contributed by atoms with E-state index >= 15 is 0 Å². The number of carbonyl (C=O) groups excluding carboxylic acids is 1. The lowest BCUT2D eigenvalue weighted by Crippen LogP contribution is -2.24. The largest absolute Gasteiger partial charge is 0.294 e. The fourth-order valence-electron chi connectivity index (χ4n) is 1.92. The van der Waals surface area contributed by atoms with Crippen LogP contribution < -0.4 is 0 Å². The van der Waals surface area contributed by atoms with Gasteiger partial charge in [0.2, 0.25) is 0 Å². The monoisotopic (exact) mass is 204 g/mol. The Hall–Kier alpha value is -1.11. The van der Waals surface area contributed by atoms with Gasteiger partial charge in [-0.15, -0.1) is 0 Å². The van der Waals surface area contributed by atoms with Crippen molar-refractivity contribution in [3.05, 3.63) is 35.4 Å². The summed E-state index contributed by atoms with van der Waals surface area (Å²) in [5.41, 5.74) is 1.75. The molecule has 0 aromatic heterocycles. The Bertz CT molecular complexity index is 350. The van der Waals surface area contributed by atoms with Crippen LogP contribution in [0, 0.1) is 12.3 Å². The van der Waals surface area contributed by atoms with Gasteiger partial charge in [0.05, 0.1) is 0 Å². The second-order valence-corrected chi connectivity index (χ2v) is 4.83. The summed E-state index contributed by atoms with van der Waals surface area (Å²) in [6.07, 6.45) is 1.99. The molecule has 0 unspecified atom stereocenters. The van der Waals surface area contributed by atoms with Gasteiger partial charge in [0, 0.05) is 11.0 Å². The van der Waals surface area contributed by atoms with Crippen molar-refractivity contribution in [3.8, 4) is 0 Å². The normalized spacial score (nSPS) is 11.5. The second kappa shape index (κ2) is 4.61. The first-order valence-electron chi connectivity index (χ1n) is 5.59. The molecule has 0 N–H and O–H groups in total. The average Bonchev–Trinajstić information content (AvgIpc) is 2.16. The molecule has 0 saturated carbocycles. The van der Waals surface area contributed by atoms with Crippen LogP contribution in [0.15, 0.2) is 24.3 Å². The first-order chi connectivity index (χ1) is 6.97. The molecule has 1 aromatic rings. The third-order valence-electron chi connectivity index (χ3n) is 2.77. The Kier molecular flexibility index (Phi) is 3.67.